The van der Waals surface area contributed by atoms with Crippen molar-refractivity contribution in [2.45, 2.75) is 39.7 Å². The fourth-order valence-corrected chi connectivity index (χ4v) is 3.64. The molecular weight excluding hydrogens is 382 g/mol. The summed E-state index contributed by atoms with van der Waals surface area (Å²) in [5.41, 5.74) is 1.31. The van der Waals surface area contributed by atoms with E-state index in [4.69, 9.17) is 11.2 Å². The lowest BCUT2D eigenvalue weighted by Crippen LogP contribution is -2.45. The summed E-state index contributed by atoms with van der Waals surface area (Å²) >= 11 is 0. The van der Waals surface area contributed by atoms with E-state index in [1.54, 1.807) is 45.6 Å². The first-order valence-electron chi connectivity index (χ1n) is 9.61. The molecule has 1 aliphatic carbocycles. The van der Waals surface area contributed by atoms with Gasteiger partial charge in [0, 0.05) is 30.8 Å². The highest BCUT2D eigenvalue weighted by Crippen LogP contribution is 2.31. The number of amides is 2. The van der Waals surface area contributed by atoms with Crippen molar-refractivity contribution >= 4 is 17.6 Å². The van der Waals surface area contributed by atoms with Crippen LogP contribution < -0.4 is 10.6 Å². The Bertz CT molecular complexity index is 1080. The van der Waals surface area contributed by atoms with Crippen LogP contribution in [0.2, 0.25) is 0 Å². The molecule has 30 heavy (non-hydrogen) atoms. The molecule has 1 unspecified atom stereocenters. The average molecular weight is 407 g/mol. The highest BCUT2D eigenvalue weighted by Gasteiger charge is 2.31. The van der Waals surface area contributed by atoms with Crippen molar-refractivity contribution < 1.29 is 19.1 Å². The number of nitrogens with one attached hydrogen (secondary N) is 2. The monoisotopic (exact) mass is 407 g/mol. The molecule has 1 aliphatic heterocycles. The van der Waals surface area contributed by atoms with Crippen LogP contribution in [0.1, 0.15) is 52.4 Å². The maximum absolute atomic E-state index is 13.0. The van der Waals surface area contributed by atoms with Gasteiger partial charge in [0.15, 0.2) is 0 Å². The highest BCUT2D eigenvalue weighted by atomic mass is 16.5. The summed E-state index contributed by atoms with van der Waals surface area (Å²) in [4.78, 5) is 38.3. The van der Waals surface area contributed by atoms with Gasteiger partial charge in [-0.25, -0.2) is 0 Å². The minimum atomic E-state index is -0.957. The molecule has 7 nitrogen and oxygen atoms in total. The lowest BCUT2D eigenvalue weighted by atomic mass is 9.97. The Hall–Kier alpha value is -3.53. The number of ketones is 1. The smallest absolute Gasteiger partial charge is 0.293 e. The van der Waals surface area contributed by atoms with Gasteiger partial charge in [0.2, 0.25) is 0 Å². The molecule has 7 heteroatoms. The van der Waals surface area contributed by atoms with Crippen molar-refractivity contribution in [3.63, 3.8) is 0 Å². The van der Waals surface area contributed by atoms with Crippen LogP contribution in [0.5, 0.6) is 0 Å². The number of rotatable bonds is 5. The first-order chi connectivity index (χ1) is 14.1. The summed E-state index contributed by atoms with van der Waals surface area (Å²) in [5, 5.41) is 5.45. The van der Waals surface area contributed by atoms with Crippen LogP contribution in [0.25, 0.3) is 0 Å². The van der Waals surface area contributed by atoms with Gasteiger partial charge in [-0.1, -0.05) is 5.92 Å². The minimum absolute atomic E-state index is 0.113. The van der Waals surface area contributed by atoms with E-state index in [-0.39, 0.29) is 17.4 Å². The number of allylic oxidation sites excluding steroid dienone is 4. The number of aromatic nitrogens is 1. The van der Waals surface area contributed by atoms with Gasteiger partial charge in [-0.15, -0.1) is 6.42 Å². The predicted molar refractivity (Wildman–Crippen MR) is 112 cm³/mol. The molecule has 1 atom stereocenters. The number of hydrogen-bond acceptors (Lipinski definition) is 4. The van der Waals surface area contributed by atoms with Crippen LogP contribution in [-0.2, 0) is 16.6 Å². The van der Waals surface area contributed by atoms with Crippen LogP contribution >= 0.6 is 0 Å². The topological polar surface area (TPSA) is 89.4 Å². The van der Waals surface area contributed by atoms with Crippen LogP contribution in [0, 0.1) is 32.1 Å². The molecule has 0 radical (unpaired) electrons. The second-order valence-electron chi connectivity index (χ2n) is 8.02. The molecule has 0 spiro atoms. The third kappa shape index (κ3) is 3.81. The van der Waals surface area contributed by atoms with Gasteiger partial charge in [0.25, 0.3) is 17.6 Å². The Kier molecular flexibility index (Phi) is 5.45. The molecule has 2 heterocycles. The molecule has 2 amide bonds. The first-order valence-corrected chi connectivity index (χ1v) is 9.61. The van der Waals surface area contributed by atoms with Gasteiger partial charge in [-0.05, 0) is 51.5 Å². The highest BCUT2D eigenvalue weighted by molar-refractivity contribution is 6.43. The molecule has 3 rings (SSSR count). The SMILES string of the molecule is C#CC(C)(C)NC(=O)C(=O)c1c(C)c(C(=O)NC2=CC=C3OC=CC3C2)n(C)c1C. The van der Waals surface area contributed by atoms with Crippen LogP contribution in [0.15, 0.2) is 35.9 Å². The number of carbonyl (C=O) groups excluding carboxylic acids is 3. The van der Waals surface area contributed by atoms with Crippen LogP contribution in [-0.4, -0.2) is 27.7 Å². The molecule has 156 valence electrons. The number of carbonyl (C=O) groups is 3. The molecule has 0 aromatic carbocycles. The minimum Gasteiger partial charge on any atom is -0.469 e. The fraction of sp³-hybridized carbons (Fsp3) is 0.348. The predicted octanol–water partition coefficient (Wildman–Crippen LogP) is 2.41. The molecule has 2 N–H and O–H groups in total. The van der Waals surface area contributed by atoms with Crippen molar-refractivity contribution in [1.82, 2.24) is 15.2 Å². The van der Waals surface area contributed by atoms with Crippen molar-refractivity contribution in [3.8, 4) is 12.3 Å². The summed E-state index contributed by atoms with van der Waals surface area (Å²) in [5.74, 6) is 1.53. The number of Topliss-reactive ketones (excluding diaryl/α,β-unsaturated/α-hetero) is 1. The van der Waals surface area contributed by atoms with Gasteiger partial charge in [-0.2, -0.15) is 0 Å². The molecule has 2 aliphatic rings. The Morgan fingerprint density at radius 3 is 2.63 bits per heavy atom. The molecule has 0 saturated heterocycles. The quantitative estimate of drug-likeness (QED) is 0.446. The van der Waals surface area contributed by atoms with Crippen LogP contribution in [0.3, 0.4) is 0 Å². The summed E-state index contributed by atoms with van der Waals surface area (Å²) < 4.78 is 7.00. The van der Waals surface area contributed by atoms with E-state index in [0.29, 0.717) is 23.4 Å². The zero-order valence-electron chi connectivity index (χ0n) is 17.8. The first kappa shape index (κ1) is 21.2. The third-order valence-electron chi connectivity index (χ3n) is 5.41. The maximum Gasteiger partial charge on any atom is 0.293 e. The second kappa shape index (κ2) is 7.71. The van der Waals surface area contributed by atoms with E-state index in [1.165, 1.54) is 0 Å². The normalized spacial score (nSPS) is 17.3. The zero-order chi connectivity index (χ0) is 22.2. The largest absolute Gasteiger partial charge is 0.469 e. The van der Waals surface area contributed by atoms with Gasteiger partial charge < -0.3 is 19.9 Å². The summed E-state index contributed by atoms with van der Waals surface area (Å²) in [6.07, 6.45) is 13.2. The Morgan fingerprint density at radius 1 is 1.27 bits per heavy atom. The van der Waals surface area contributed by atoms with Crippen molar-refractivity contribution in [2.75, 3.05) is 0 Å². The lowest BCUT2D eigenvalue weighted by molar-refractivity contribution is -0.118. The van der Waals surface area contributed by atoms with Gasteiger partial charge in [0.05, 0.1) is 17.4 Å². The van der Waals surface area contributed by atoms with Gasteiger partial charge in [0.1, 0.15) is 11.5 Å². The van der Waals surface area contributed by atoms with Crippen molar-refractivity contribution in [3.05, 3.63) is 58.5 Å². The van der Waals surface area contributed by atoms with Crippen molar-refractivity contribution in [2.24, 2.45) is 13.0 Å². The Labute approximate surface area is 175 Å². The summed E-state index contributed by atoms with van der Waals surface area (Å²) in [7, 11) is 1.69. The maximum atomic E-state index is 13.0. The van der Waals surface area contributed by atoms with E-state index >= 15 is 0 Å². The number of fused-ring (bicyclic) bond motifs is 1. The lowest BCUT2D eigenvalue weighted by Gasteiger charge is -2.19. The molecule has 1 aromatic rings. The van der Waals surface area contributed by atoms with Gasteiger partial charge >= 0.3 is 0 Å². The van der Waals surface area contributed by atoms with Gasteiger partial charge in [-0.3, -0.25) is 14.4 Å². The van der Waals surface area contributed by atoms with Crippen molar-refractivity contribution in [1.29, 1.82) is 0 Å². The van der Waals surface area contributed by atoms with Crippen LogP contribution in [0.4, 0.5) is 0 Å². The van der Waals surface area contributed by atoms with E-state index in [0.717, 1.165) is 11.5 Å². The summed E-state index contributed by atoms with van der Waals surface area (Å²) in [6, 6.07) is 0. The van der Waals surface area contributed by atoms with E-state index in [2.05, 4.69) is 16.6 Å². The third-order valence-corrected chi connectivity index (χ3v) is 5.41. The average Bonchev–Trinajstić information content (AvgIpc) is 3.23. The Balaban J connectivity index is 1.84. The molecule has 1 aromatic heterocycles. The number of ether oxygens (including phenoxy) is 1. The molecule has 0 saturated carbocycles. The molecular formula is C23H25N3O4. The summed E-state index contributed by atoms with van der Waals surface area (Å²) in [6.45, 7) is 6.62. The zero-order valence-corrected chi connectivity index (χ0v) is 17.8. The second-order valence-corrected chi connectivity index (χ2v) is 8.02. The number of nitrogens with zero attached hydrogens (tertiary/aromatic N) is 1. The standard InChI is InChI=1S/C23H25N3O4/c1-7-23(4,5)25-22(29)20(27)18-13(2)19(26(6)14(18)3)21(28)24-16-8-9-17-15(12-16)10-11-30-17/h1,8-11,15H,12H2,2-6H3,(H,24,28)(H,25,29). The number of terminal acetylenes is 1. The van der Waals surface area contributed by atoms with E-state index in [9.17, 15) is 14.4 Å². The number of hydrogen-bond donors (Lipinski definition) is 2. The Morgan fingerprint density at radius 2 is 1.97 bits per heavy atom. The fourth-order valence-electron chi connectivity index (χ4n) is 3.64. The molecule has 0 bridgehead atoms. The van der Waals surface area contributed by atoms with E-state index < -0.39 is 17.2 Å². The van der Waals surface area contributed by atoms with E-state index in [1.807, 2.05) is 18.2 Å². The molecule has 0 fully saturated rings.